The predicted molar refractivity (Wildman–Crippen MR) is 190 cm³/mol. The Hall–Kier alpha value is -2.13. The van der Waals surface area contributed by atoms with Crippen LogP contribution < -0.4 is 20.7 Å². The molecule has 3 atom stereocenters. The first-order valence-electron chi connectivity index (χ1n) is 15.9. The van der Waals surface area contributed by atoms with Gasteiger partial charge in [-0.3, -0.25) is 0 Å². The first-order valence-corrected chi connectivity index (χ1v) is 18.5. The third kappa shape index (κ3) is 8.96. The minimum absolute atomic E-state index is 0.312. The van der Waals surface area contributed by atoms with Crippen LogP contribution in [0.1, 0.15) is 83.3 Å². The van der Waals surface area contributed by atoms with Crippen molar-refractivity contribution in [3.05, 3.63) is 58.8 Å². The van der Waals surface area contributed by atoms with Crippen LogP contribution in [0.4, 0.5) is 11.4 Å². The van der Waals surface area contributed by atoms with Crippen molar-refractivity contribution in [1.29, 1.82) is 0 Å². The summed E-state index contributed by atoms with van der Waals surface area (Å²) in [6.45, 7) is 14.7. The van der Waals surface area contributed by atoms with Gasteiger partial charge in [0.1, 0.15) is 5.75 Å². The molecule has 0 saturated carbocycles. The summed E-state index contributed by atoms with van der Waals surface area (Å²) in [7, 11) is 1.42. The van der Waals surface area contributed by atoms with E-state index >= 15 is 0 Å². The van der Waals surface area contributed by atoms with Crippen LogP contribution in [-0.2, 0) is 20.6 Å². The molecule has 1 fully saturated rings. The second-order valence-corrected chi connectivity index (χ2v) is 15.6. The number of ether oxygens (including phenoxy) is 1. The van der Waals surface area contributed by atoms with Crippen molar-refractivity contribution in [3.8, 4) is 5.75 Å². The van der Waals surface area contributed by atoms with E-state index in [-0.39, 0.29) is 9.45 Å². The smallest absolute Gasteiger partial charge is 0.202 e. The Bertz CT molecular complexity index is 1310. The number of benzene rings is 2. The number of hydrogen-bond acceptors (Lipinski definition) is 7. The number of likely N-dealkylation sites (tertiary alicyclic amines) is 1. The Morgan fingerprint density at radius 3 is 2.58 bits per heavy atom. The molecule has 4 rings (SSSR count). The van der Waals surface area contributed by atoms with Gasteiger partial charge in [-0.15, -0.1) is 0 Å². The molecule has 6 nitrogen and oxygen atoms in total. The highest BCUT2D eigenvalue weighted by atomic mass is 35.5. The third-order valence-corrected chi connectivity index (χ3v) is 12.3. The van der Waals surface area contributed by atoms with Crippen LogP contribution in [0.3, 0.4) is 0 Å². The molecule has 0 amide bonds. The molecule has 2 aliphatic rings. The zero-order chi connectivity index (χ0) is 30.9. The lowest BCUT2D eigenvalue weighted by atomic mass is 9.86. The van der Waals surface area contributed by atoms with Gasteiger partial charge in [-0.2, -0.15) is 0 Å². The molecule has 2 aliphatic heterocycles. The third-order valence-electron chi connectivity index (χ3n) is 8.62. The fraction of sp³-hybridized carbons (Fsp3) is 0.559. The summed E-state index contributed by atoms with van der Waals surface area (Å²) in [6.07, 6.45) is 9.00. The number of anilines is 2. The van der Waals surface area contributed by atoms with E-state index in [1.165, 1.54) is 69.3 Å². The number of unbranched alkanes of at least 4 members (excludes halogenated alkanes) is 1. The summed E-state index contributed by atoms with van der Waals surface area (Å²) in [5.74, 6) is 2.80. The van der Waals surface area contributed by atoms with Gasteiger partial charge in [0, 0.05) is 22.9 Å². The normalized spacial score (nSPS) is 19.3. The molecule has 2 aromatic carbocycles. The average molecular weight is 644 g/mol. The minimum Gasteiger partial charge on any atom is -0.495 e. The number of aliphatic imine (C=N–C) groups is 1. The Morgan fingerprint density at radius 1 is 1.16 bits per heavy atom. The number of rotatable bonds is 13. The molecule has 2 aromatic rings. The first-order chi connectivity index (χ1) is 20.7. The number of halogens is 1. The van der Waals surface area contributed by atoms with E-state index < -0.39 is 6.17 Å². The fourth-order valence-electron chi connectivity index (χ4n) is 6.02. The van der Waals surface area contributed by atoms with Gasteiger partial charge in [0.25, 0.3) is 0 Å². The van der Waals surface area contributed by atoms with Gasteiger partial charge >= 0.3 is 0 Å². The van der Waals surface area contributed by atoms with Gasteiger partial charge in [-0.25, -0.2) is 4.99 Å². The first kappa shape index (κ1) is 33.8. The highest BCUT2D eigenvalue weighted by Crippen LogP contribution is 2.37. The van der Waals surface area contributed by atoms with Crippen molar-refractivity contribution >= 4 is 49.6 Å². The molecule has 2 heterocycles. The van der Waals surface area contributed by atoms with E-state index in [0.29, 0.717) is 22.2 Å². The molecule has 43 heavy (non-hydrogen) atoms. The molecule has 3 unspecified atom stereocenters. The SMILES string of the molecule is CCCCC(CC)CN1CCC(c2cc(OC)c(NC3=NC(Nc4ccccc4S(=S)C(C)C)C(Cl)=CN3)cc2C)CC1. The largest absolute Gasteiger partial charge is 0.495 e. The van der Waals surface area contributed by atoms with Crippen molar-refractivity contribution in [1.82, 2.24) is 10.2 Å². The number of piperidine rings is 1. The van der Waals surface area contributed by atoms with Crippen LogP contribution in [0, 0.1) is 12.8 Å². The number of aryl methyl sites for hydroxylation is 1. The van der Waals surface area contributed by atoms with Crippen molar-refractivity contribution in [2.75, 3.05) is 37.4 Å². The molecule has 236 valence electrons. The summed E-state index contributed by atoms with van der Waals surface area (Å²) in [4.78, 5) is 8.67. The molecule has 0 radical (unpaired) electrons. The lowest BCUT2D eigenvalue weighted by molar-refractivity contribution is 0.175. The molecule has 3 N–H and O–H groups in total. The summed E-state index contributed by atoms with van der Waals surface area (Å²) in [6, 6.07) is 12.6. The number of nitrogens with one attached hydrogen (secondary N) is 3. The quantitative estimate of drug-likeness (QED) is 0.205. The van der Waals surface area contributed by atoms with Crippen molar-refractivity contribution in [2.24, 2.45) is 10.9 Å². The molecule has 9 heteroatoms. The highest BCUT2D eigenvalue weighted by molar-refractivity contribution is 8.29. The van der Waals surface area contributed by atoms with Crippen molar-refractivity contribution in [2.45, 2.75) is 95.4 Å². The maximum Gasteiger partial charge on any atom is 0.202 e. The highest BCUT2D eigenvalue weighted by Gasteiger charge is 2.25. The average Bonchev–Trinajstić information content (AvgIpc) is 3.01. The lowest BCUT2D eigenvalue weighted by Gasteiger charge is -2.35. The van der Waals surface area contributed by atoms with E-state index in [4.69, 9.17) is 32.5 Å². The van der Waals surface area contributed by atoms with Gasteiger partial charge in [0.05, 0.1) is 23.5 Å². The number of guanidine groups is 1. The van der Waals surface area contributed by atoms with Crippen LogP contribution in [-0.4, -0.2) is 49.0 Å². The monoisotopic (exact) mass is 643 g/mol. The van der Waals surface area contributed by atoms with Gasteiger partial charge in [-0.1, -0.05) is 80.1 Å². The fourth-order valence-corrected chi connectivity index (χ4v) is 7.68. The topological polar surface area (TPSA) is 60.9 Å². The standard InChI is InChI=1S/C34H50ClN5OS2/c1-7-9-12-25(8-2)22-40-17-15-26(16-18-40)27-20-31(41-6)30(19-24(27)5)38-34-36-21-28(35)33(39-34)37-29-13-10-11-14-32(29)43(42)23(3)4/h10-11,13-14,19-21,23,25-26,33,37H,7-9,12,15-18,22H2,1-6H3,(H2,36,38,39). The zero-order valence-corrected chi connectivity index (χ0v) is 29.1. The Balaban J connectivity index is 1.44. The second kappa shape index (κ2) is 16.3. The molecule has 0 aromatic heterocycles. The number of para-hydroxylation sites is 1. The maximum atomic E-state index is 6.60. The summed E-state index contributed by atoms with van der Waals surface area (Å²) < 4.78 is 5.88. The van der Waals surface area contributed by atoms with Crippen LogP contribution in [0.25, 0.3) is 0 Å². The van der Waals surface area contributed by atoms with Crippen molar-refractivity contribution < 1.29 is 4.74 Å². The molecular weight excluding hydrogens is 594 g/mol. The Labute approximate surface area is 271 Å². The molecular formula is C34H50ClN5OS2. The summed E-state index contributed by atoms with van der Waals surface area (Å²) in [5.41, 5.74) is 4.51. The number of hydrogen-bond donors (Lipinski definition) is 3. The summed E-state index contributed by atoms with van der Waals surface area (Å²) in [5, 5.41) is 11.1. The van der Waals surface area contributed by atoms with Gasteiger partial charge in [0.2, 0.25) is 5.96 Å². The Morgan fingerprint density at radius 2 is 1.91 bits per heavy atom. The molecule has 1 saturated heterocycles. The minimum atomic E-state index is -0.434. The summed E-state index contributed by atoms with van der Waals surface area (Å²) >= 11 is 12.4. The lowest BCUT2D eigenvalue weighted by Crippen LogP contribution is -2.36. The van der Waals surface area contributed by atoms with Gasteiger partial charge < -0.3 is 25.6 Å². The van der Waals surface area contributed by atoms with E-state index in [0.717, 1.165) is 27.9 Å². The number of nitrogens with zero attached hydrogens (tertiary/aromatic N) is 2. The van der Waals surface area contributed by atoms with E-state index in [9.17, 15) is 0 Å². The second-order valence-electron chi connectivity index (χ2n) is 12.1. The maximum absolute atomic E-state index is 6.60. The molecule has 0 spiro atoms. The number of methoxy groups -OCH3 is 1. The van der Waals surface area contributed by atoms with Gasteiger partial charge in [-0.05, 0) is 97.7 Å². The molecule has 0 bridgehead atoms. The predicted octanol–water partition coefficient (Wildman–Crippen LogP) is 8.14. The van der Waals surface area contributed by atoms with Crippen LogP contribution in [0.5, 0.6) is 5.75 Å². The zero-order valence-electron chi connectivity index (χ0n) is 26.7. The van der Waals surface area contributed by atoms with E-state index in [1.807, 2.05) is 18.2 Å². The Kier molecular flexibility index (Phi) is 12.8. The van der Waals surface area contributed by atoms with Crippen molar-refractivity contribution in [3.63, 3.8) is 0 Å². The van der Waals surface area contributed by atoms with Gasteiger partial charge in [0.15, 0.2) is 6.17 Å². The van der Waals surface area contributed by atoms with Crippen LogP contribution >= 0.6 is 11.6 Å². The van der Waals surface area contributed by atoms with Crippen LogP contribution in [0.15, 0.2) is 57.5 Å². The van der Waals surface area contributed by atoms with E-state index in [2.05, 4.69) is 73.7 Å². The molecule has 0 aliphatic carbocycles. The van der Waals surface area contributed by atoms with Crippen LogP contribution in [0.2, 0.25) is 0 Å². The van der Waals surface area contributed by atoms with E-state index in [1.54, 1.807) is 13.3 Å².